The highest BCUT2D eigenvalue weighted by Gasteiger charge is 2.45. The van der Waals surface area contributed by atoms with Gasteiger partial charge in [0.25, 0.3) is 11.8 Å². The molecule has 6 nitrogen and oxygen atoms in total. The van der Waals surface area contributed by atoms with Crippen molar-refractivity contribution in [2.45, 2.75) is 18.8 Å². The predicted molar refractivity (Wildman–Crippen MR) is 61.1 cm³/mol. The van der Waals surface area contributed by atoms with Gasteiger partial charge in [-0.25, -0.2) is 4.79 Å². The van der Waals surface area contributed by atoms with E-state index in [0.717, 1.165) is 0 Å². The molecule has 6 heteroatoms. The van der Waals surface area contributed by atoms with E-state index in [4.69, 9.17) is 5.48 Å². The molecule has 3 rings (SSSR count). The summed E-state index contributed by atoms with van der Waals surface area (Å²) in [5.41, 5.74) is -0.0582. The number of imide groups is 1. The van der Waals surface area contributed by atoms with Gasteiger partial charge in [0.1, 0.15) is 6.04 Å². The lowest BCUT2D eigenvalue weighted by atomic mass is 10.1. The third kappa shape index (κ3) is 1.64. The molecule has 96 valence electrons. The SMILES string of the molecule is [2H]C1([2H])C(=O)OC(=O)C([15N]2C(=O)c3ccccc3C2=O)C1([2H])[2H]. The molecule has 2 aliphatic heterocycles. The Morgan fingerprint density at radius 3 is 2.26 bits per heavy atom. The van der Waals surface area contributed by atoms with Crippen LogP contribution < -0.4 is 0 Å². The van der Waals surface area contributed by atoms with Crippen molar-refractivity contribution < 1.29 is 29.4 Å². The Morgan fingerprint density at radius 2 is 1.68 bits per heavy atom. The van der Waals surface area contributed by atoms with Crippen LogP contribution >= 0.6 is 0 Å². The van der Waals surface area contributed by atoms with Crippen molar-refractivity contribution in [3.63, 3.8) is 0 Å². The Bertz CT molecular complexity index is 740. The Kier molecular flexibility index (Phi) is 1.65. The number of carbonyl (C=O) groups excluding carboxylic acids is 4. The van der Waals surface area contributed by atoms with Gasteiger partial charge in [-0.05, 0) is 18.5 Å². The summed E-state index contributed by atoms with van der Waals surface area (Å²) in [6.07, 6.45) is -6.33. The van der Waals surface area contributed by atoms with Crippen LogP contribution in [-0.2, 0) is 14.3 Å². The van der Waals surface area contributed by atoms with E-state index in [9.17, 15) is 19.2 Å². The molecule has 1 aromatic carbocycles. The van der Waals surface area contributed by atoms with Crippen LogP contribution in [0.2, 0.25) is 0 Å². The maximum Gasteiger partial charge on any atom is 0.337 e. The Morgan fingerprint density at radius 1 is 1.11 bits per heavy atom. The smallest absolute Gasteiger partial charge is 0.337 e. The van der Waals surface area contributed by atoms with Crippen LogP contribution in [0.15, 0.2) is 24.3 Å². The van der Waals surface area contributed by atoms with Crippen molar-refractivity contribution in [3.8, 4) is 0 Å². The van der Waals surface area contributed by atoms with E-state index < -0.39 is 42.5 Å². The Labute approximate surface area is 113 Å². The fraction of sp³-hybridized carbons (Fsp3) is 0.231. The van der Waals surface area contributed by atoms with Crippen LogP contribution in [-0.4, -0.2) is 34.7 Å². The minimum Gasteiger partial charge on any atom is -0.392 e. The molecule has 0 bridgehead atoms. The van der Waals surface area contributed by atoms with E-state index in [1.807, 2.05) is 0 Å². The zero-order valence-electron chi connectivity index (χ0n) is 13.4. The first-order valence-corrected chi connectivity index (χ1v) is 5.33. The average Bonchev–Trinajstić information content (AvgIpc) is 2.71. The van der Waals surface area contributed by atoms with Gasteiger partial charge in [-0.15, -0.1) is 0 Å². The first-order valence-electron chi connectivity index (χ1n) is 7.33. The third-order valence-corrected chi connectivity index (χ3v) is 2.81. The number of fused-ring (bicyclic) bond motifs is 1. The second-order valence-electron chi connectivity index (χ2n) is 3.91. The molecule has 0 spiro atoms. The molecular formula is C13H9NO5. The number of ether oxygens (including phenoxy) is 1. The Hall–Kier alpha value is -2.50. The minimum absolute atomic E-state index is 0.0291. The monoisotopic (exact) mass is 264 g/mol. The molecule has 0 N–H and O–H groups in total. The summed E-state index contributed by atoms with van der Waals surface area (Å²) in [7, 11) is 0. The highest BCUT2D eigenvalue weighted by Crippen LogP contribution is 2.27. The van der Waals surface area contributed by atoms with Gasteiger partial charge in [0.2, 0.25) is 0 Å². The fourth-order valence-corrected chi connectivity index (χ4v) is 1.97. The van der Waals surface area contributed by atoms with E-state index in [1.165, 1.54) is 24.3 Å². The molecular weight excluding hydrogens is 251 g/mol. The molecule has 1 saturated heterocycles. The molecule has 1 fully saturated rings. The topological polar surface area (TPSA) is 80.8 Å². The van der Waals surface area contributed by atoms with Crippen LogP contribution in [0, 0.1) is 0 Å². The van der Waals surface area contributed by atoms with Crippen molar-refractivity contribution in [1.82, 2.24) is 4.90 Å². The van der Waals surface area contributed by atoms with Gasteiger partial charge < -0.3 is 4.74 Å². The van der Waals surface area contributed by atoms with Crippen molar-refractivity contribution in [2.75, 3.05) is 0 Å². The highest BCUT2D eigenvalue weighted by atomic mass is 16.6. The number of hydrogen-bond donors (Lipinski definition) is 0. The second kappa shape index (κ2) is 4.01. The lowest BCUT2D eigenvalue weighted by Gasteiger charge is -2.26. The molecule has 2 amide bonds. The molecule has 2 aliphatic rings. The van der Waals surface area contributed by atoms with Gasteiger partial charge in [-0.1, -0.05) is 12.1 Å². The molecule has 2 heterocycles. The average molecular weight is 264 g/mol. The standard InChI is InChI=1S/C13H9NO5/c15-10-6-5-9(13(18)19-10)14-11(16)7-3-1-2-4-8(7)12(14)17/h1-4,9H,5-6H2/i5D2,6D2,14+1. The van der Waals surface area contributed by atoms with Crippen LogP contribution in [0.1, 0.15) is 38.9 Å². The summed E-state index contributed by atoms with van der Waals surface area (Å²) in [4.78, 5) is 48.4. The summed E-state index contributed by atoms with van der Waals surface area (Å²) in [5, 5.41) is 0. The van der Waals surface area contributed by atoms with Crippen molar-refractivity contribution >= 4 is 23.8 Å². The summed E-state index contributed by atoms with van der Waals surface area (Å²) < 4.78 is 34.9. The summed E-state index contributed by atoms with van der Waals surface area (Å²) >= 11 is 0. The van der Waals surface area contributed by atoms with Crippen molar-refractivity contribution in [1.29, 1.82) is 0 Å². The number of amides is 2. The number of esters is 2. The molecule has 0 aromatic heterocycles. The van der Waals surface area contributed by atoms with Gasteiger partial charge in [0.05, 0.1) is 11.1 Å². The van der Waals surface area contributed by atoms with Crippen molar-refractivity contribution in [2.24, 2.45) is 0 Å². The molecule has 1 aromatic rings. The fourth-order valence-electron chi connectivity index (χ4n) is 1.97. The molecule has 0 saturated carbocycles. The number of rotatable bonds is 1. The zero-order valence-corrected chi connectivity index (χ0v) is 9.38. The number of cyclic esters (lactones) is 2. The van der Waals surface area contributed by atoms with Gasteiger partial charge in [0, 0.05) is 11.9 Å². The molecule has 0 radical (unpaired) electrons. The quantitative estimate of drug-likeness (QED) is 0.319. The summed E-state index contributed by atoms with van der Waals surface area (Å²) in [6.45, 7) is 0. The maximum absolute atomic E-state index is 12.4. The van der Waals surface area contributed by atoms with Gasteiger partial charge in [-0.3, -0.25) is 19.3 Å². The number of benzene rings is 1. The van der Waals surface area contributed by atoms with E-state index >= 15 is 0 Å². The van der Waals surface area contributed by atoms with Gasteiger partial charge in [0.15, 0.2) is 0 Å². The van der Waals surface area contributed by atoms with Crippen LogP contribution in [0.25, 0.3) is 0 Å². The minimum atomic E-state index is -3.19. The zero-order chi connectivity index (χ0) is 17.2. The number of carbonyl (C=O) groups is 4. The predicted octanol–water partition coefficient (Wildman–Crippen LogP) is 0.515. The second-order valence-corrected chi connectivity index (χ2v) is 3.91. The first kappa shape index (κ1) is 7.83. The lowest BCUT2D eigenvalue weighted by Crippen LogP contribution is -2.48. The van der Waals surface area contributed by atoms with E-state index in [2.05, 4.69) is 4.74 Å². The summed E-state index contributed by atoms with van der Waals surface area (Å²) in [5.74, 6) is -5.06. The van der Waals surface area contributed by atoms with Gasteiger partial charge in [-0.2, -0.15) is 0 Å². The van der Waals surface area contributed by atoms with Crippen LogP contribution in [0.3, 0.4) is 0 Å². The molecule has 0 aliphatic carbocycles. The summed E-state index contributed by atoms with van der Waals surface area (Å²) in [6, 6.07) is 3.45. The first-order chi connectivity index (χ1) is 10.6. The van der Waals surface area contributed by atoms with Crippen molar-refractivity contribution in [3.05, 3.63) is 35.4 Å². The van der Waals surface area contributed by atoms with Crippen LogP contribution in [0.5, 0.6) is 0 Å². The van der Waals surface area contributed by atoms with Crippen LogP contribution in [0.4, 0.5) is 0 Å². The van der Waals surface area contributed by atoms with E-state index in [0.29, 0.717) is 4.90 Å². The maximum atomic E-state index is 12.4. The Balaban J connectivity index is 2.12. The molecule has 1 atom stereocenters. The molecule has 19 heavy (non-hydrogen) atoms. The lowest BCUT2D eigenvalue weighted by molar-refractivity contribution is -0.167. The highest BCUT2D eigenvalue weighted by molar-refractivity contribution is 6.23. The van der Waals surface area contributed by atoms with Gasteiger partial charge >= 0.3 is 11.9 Å². The number of hydrogen-bond acceptors (Lipinski definition) is 5. The third-order valence-electron chi connectivity index (χ3n) is 2.81. The molecule has 1 unspecified atom stereocenters. The normalized spacial score (nSPS) is 30.9. The van der Waals surface area contributed by atoms with E-state index in [-0.39, 0.29) is 11.1 Å². The number of nitrogens with zero attached hydrogens (tertiary/aromatic N) is 1. The van der Waals surface area contributed by atoms with E-state index in [1.54, 1.807) is 0 Å². The largest absolute Gasteiger partial charge is 0.392 e.